The highest BCUT2D eigenvalue weighted by Gasteiger charge is 1.97. The Hall–Kier alpha value is -2.14. The number of allylic oxidation sites excluding steroid dienone is 7. The van der Waals surface area contributed by atoms with E-state index in [1.807, 2.05) is 24.3 Å². The Labute approximate surface area is 131 Å². The van der Waals surface area contributed by atoms with Crippen LogP contribution >= 0.6 is 0 Å². The fourth-order valence-corrected chi connectivity index (χ4v) is 1.46. The number of amides is 1. The van der Waals surface area contributed by atoms with Gasteiger partial charge in [0.25, 0.3) is 0 Å². The van der Waals surface area contributed by atoms with Gasteiger partial charge in [-0.2, -0.15) is 0 Å². The van der Waals surface area contributed by atoms with Gasteiger partial charge in [0.2, 0.25) is 5.91 Å². The predicted octanol–water partition coefficient (Wildman–Crippen LogP) is 2.35. The van der Waals surface area contributed by atoms with Crippen LogP contribution in [-0.2, 0) is 9.59 Å². The third-order valence-corrected chi connectivity index (χ3v) is 2.57. The quantitative estimate of drug-likeness (QED) is 0.311. The van der Waals surface area contributed by atoms with E-state index in [0.29, 0.717) is 0 Å². The van der Waals surface area contributed by atoms with Gasteiger partial charge in [-0.1, -0.05) is 42.5 Å². The van der Waals surface area contributed by atoms with Gasteiger partial charge in [-0.3, -0.25) is 9.59 Å². The molecule has 1 amide bonds. The largest absolute Gasteiger partial charge is 0.481 e. The van der Waals surface area contributed by atoms with Crippen molar-refractivity contribution in [1.29, 1.82) is 0 Å². The van der Waals surface area contributed by atoms with Gasteiger partial charge in [-0.05, 0) is 26.2 Å². The number of carboxylic acids is 1. The van der Waals surface area contributed by atoms with Crippen molar-refractivity contribution < 1.29 is 19.8 Å². The molecule has 3 N–H and O–H groups in total. The van der Waals surface area contributed by atoms with Gasteiger partial charge in [0.15, 0.2) is 0 Å². The second-order valence-corrected chi connectivity index (χ2v) is 4.77. The molecule has 5 nitrogen and oxygen atoms in total. The molecule has 0 saturated heterocycles. The number of aliphatic hydroxyl groups is 1. The summed E-state index contributed by atoms with van der Waals surface area (Å²) in [6.07, 6.45) is 16.6. The van der Waals surface area contributed by atoms with Crippen molar-refractivity contribution in [3.63, 3.8) is 0 Å². The molecule has 0 aromatic heterocycles. The van der Waals surface area contributed by atoms with Crippen LogP contribution in [0.1, 0.15) is 32.6 Å². The van der Waals surface area contributed by atoms with Gasteiger partial charge in [-0.25, -0.2) is 0 Å². The zero-order valence-corrected chi connectivity index (χ0v) is 12.9. The molecule has 0 aromatic carbocycles. The van der Waals surface area contributed by atoms with E-state index < -0.39 is 5.97 Å². The number of carbonyl (C=O) groups is 2. The first-order chi connectivity index (χ1) is 10.5. The second-order valence-electron chi connectivity index (χ2n) is 4.77. The average Bonchev–Trinajstić information content (AvgIpc) is 2.44. The molecule has 0 heterocycles. The van der Waals surface area contributed by atoms with Gasteiger partial charge in [-0.15, -0.1) is 0 Å². The maximum Gasteiger partial charge on any atom is 0.305 e. The number of carbonyl (C=O) groups excluding carboxylic acids is 1. The second kappa shape index (κ2) is 13.8. The normalized spacial score (nSPS) is 13.5. The van der Waals surface area contributed by atoms with Crippen LogP contribution in [0.3, 0.4) is 0 Å². The summed E-state index contributed by atoms with van der Waals surface area (Å²) in [4.78, 5) is 21.5. The minimum absolute atomic E-state index is 0.0816. The molecule has 0 spiro atoms. The summed E-state index contributed by atoms with van der Waals surface area (Å²) < 4.78 is 0. The molecule has 0 fully saturated rings. The Kier molecular flexibility index (Phi) is 12.5. The van der Waals surface area contributed by atoms with Crippen molar-refractivity contribution in [1.82, 2.24) is 5.32 Å². The Bertz CT molecular complexity index is 434. The molecule has 122 valence electrons. The number of hydrogen-bond acceptors (Lipinski definition) is 3. The van der Waals surface area contributed by atoms with E-state index >= 15 is 0 Å². The van der Waals surface area contributed by atoms with E-state index in [4.69, 9.17) is 10.2 Å². The highest BCUT2D eigenvalue weighted by atomic mass is 16.4. The SMILES string of the molecule is CC(O)CCC/C=C/C=C/C=C/C=C/C(=O)NCCC(=O)O. The number of unbranched alkanes of at least 4 members (excludes halogenated alkanes) is 1. The predicted molar refractivity (Wildman–Crippen MR) is 87.4 cm³/mol. The van der Waals surface area contributed by atoms with Gasteiger partial charge in [0.05, 0.1) is 12.5 Å². The van der Waals surface area contributed by atoms with E-state index in [1.54, 1.807) is 25.2 Å². The first-order valence-electron chi connectivity index (χ1n) is 7.36. The molecule has 0 aliphatic carbocycles. The molecule has 1 atom stereocenters. The van der Waals surface area contributed by atoms with Crippen molar-refractivity contribution in [3.05, 3.63) is 48.6 Å². The number of aliphatic hydroxyl groups excluding tert-OH is 1. The molecule has 0 aliphatic heterocycles. The van der Waals surface area contributed by atoms with Gasteiger partial charge >= 0.3 is 5.97 Å². The molecule has 0 aromatic rings. The van der Waals surface area contributed by atoms with E-state index in [2.05, 4.69) is 5.32 Å². The lowest BCUT2D eigenvalue weighted by molar-refractivity contribution is -0.136. The Morgan fingerprint density at radius 1 is 1.09 bits per heavy atom. The Balaban J connectivity index is 3.73. The minimum atomic E-state index is -0.937. The average molecular weight is 307 g/mol. The number of aliphatic carboxylic acids is 1. The summed E-state index contributed by atoms with van der Waals surface area (Å²) in [5, 5.41) is 20.0. The fraction of sp³-hybridized carbons (Fsp3) is 0.412. The highest BCUT2D eigenvalue weighted by Crippen LogP contribution is 2.00. The van der Waals surface area contributed by atoms with E-state index in [9.17, 15) is 9.59 Å². The van der Waals surface area contributed by atoms with Crippen molar-refractivity contribution >= 4 is 11.9 Å². The number of carboxylic acid groups (broad SMARTS) is 1. The molecule has 0 rings (SSSR count). The molecule has 1 unspecified atom stereocenters. The van der Waals surface area contributed by atoms with Crippen LogP contribution in [-0.4, -0.2) is 34.7 Å². The van der Waals surface area contributed by atoms with Crippen LogP contribution in [0.2, 0.25) is 0 Å². The monoisotopic (exact) mass is 307 g/mol. The van der Waals surface area contributed by atoms with Gasteiger partial charge < -0.3 is 15.5 Å². The van der Waals surface area contributed by atoms with E-state index in [1.165, 1.54) is 6.08 Å². The molecule has 0 bridgehead atoms. The summed E-state index contributed by atoms with van der Waals surface area (Å²) in [6.45, 7) is 1.91. The minimum Gasteiger partial charge on any atom is -0.481 e. The number of nitrogens with one attached hydrogen (secondary N) is 1. The molecule has 0 radical (unpaired) electrons. The zero-order valence-electron chi connectivity index (χ0n) is 12.9. The summed E-state index contributed by atoms with van der Waals surface area (Å²) in [5.41, 5.74) is 0. The van der Waals surface area contributed by atoms with Crippen LogP contribution in [0.25, 0.3) is 0 Å². The third kappa shape index (κ3) is 15.9. The van der Waals surface area contributed by atoms with Crippen LogP contribution in [0.5, 0.6) is 0 Å². The lowest BCUT2D eigenvalue weighted by Crippen LogP contribution is -2.23. The van der Waals surface area contributed by atoms with Crippen molar-refractivity contribution in [2.75, 3.05) is 6.54 Å². The van der Waals surface area contributed by atoms with Crippen LogP contribution in [0.15, 0.2) is 48.6 Å². The zero-order chi connectivity index (χ0) is 16.6. The lowest BCUT2D eigenvalue weighted by Gasteiger charge is -1.99. The van der Waals surface area contributed by atoms with Crippen LogP contribution < -0.4 is 5.32 Å². The molecular weight excluding hydrogens is 282 g/mol. The standard InChI is InChI=1S/C17H25NO4/c1-15(19)11-9-7-5-3-2-4-6-8-10-12-16(20)18-14-13-17(21)22/h2-6,8,10,12,15,19H,7,9,11,13-14H2,1H3,(H,18,20)(H,21,22)/b4-2+,5-3+,8-6+,12-10+. The van der Waals surface area contributed by atoms with Crippen molar-refractivity contribution in [2.24, 2.45) is 0 Å². The molecule has 0 aliphatic rings. The molecule has 5 heteroatoms. The first-order valence-corrected chi connectivity index (χ1v) is 7.36. The Morgan fingerprint density at radius 3 is 2.36 bits per heavy atom. The lowest BCUT2D eigenvalue weighted by atomic mass is 10.1. The molecule has 0 saturated carbocycles. The van der Waals surface area contributed by atoms with Crippen LogP contribution in [0, 0.1) is 0 Å². The number of hydrogen-bond donors (Lipinski definition) is 3. The van der Waals surface area contributed by atoms with Gasteiger partial charge in [0.1, 0.15) is 0 Å². The third-order valence-electron chi connectivity index (χ3n) is 2.57. The fourth-order valence-electron chi connectivity index (χ4n) is 1.46. The summed E-state index contributed by atoms with van der Waals surface area (Å²) in [7, 11) is 0. The summed E-state index contributed by atoms with van der Waals surface area (Å²) in [5.74, 6) is -1.25. The first kappa shape index (κ1) is 19.9. The van der Waals surface area contributed by atoms with Gasteiger partial charge in [0, 0.05) is 12.6 Å². The number of rotatable bonds is 11. The highest BCUT2D eigenvalue weighted by molar-refractivity contribution is 5.87. The maximum absolute atomic E-state index is 11.2. The van der Waals surface area contributed by atoms with Crippen molar-refractivity contribution in [3.8, 4) is 0 Å². The van der Waals surface area contributed by atoms with Crippen LogP contribution in [0.4, 0.5) is 0 Å². The van der Waals surface area contributed by atoms with E-state index in [0.717, 1.165) is 19.3 Å². The summed E-state index contributed by atoms with van der Waals surface area (Å²) in [6, 6.07) is 0. The smallest absolute Gasteiger partial charge is 0.305 e. The topological polar surface area (TPSA) is 86.6 Å². The molecule has 22 heavy (non-hydrogen) atoms. The van der Waals surface area contributed by atoms with Crippen molar-refractivity contribution in [2.45, 2.75) is 38.7 Å². The summed E-state index contributed by atoms with van der Waals surface area (Å²) >= 11 is 0. The molecular formula is C17H25NO4. The van der Waals surface area contributed by atoms with E-state index in [-0.39, 0.29) is 25.0 Å². The maximum atomic E-state index is 11.2. The Morgan fingerprint density at radius 2 is 1.73 bits per heavy atom.